The summed E-state index contributed by atoms with van der Waals surface area (Å²) >= 11 is 3.29. The average Bonchev–Trinajstić information content (AvgIpc) is 2.97. The van der Waals surface area contributed by atoms with Gasteiger partial charge in [-0.25, -0.2) is 5.43 Å². The minimum atomic E-state index is -0.328. The maximum absolute atomic E-state index is 5.68. The van der Waals surface area contributed by atoms with Gasteiger partial charge < -0.3 is 9.15 Å². The molecule has 0 saturated carbocycles. The molecule has 19 heavy (non-hydrogen) atoms. The third-order valence-electron chi connectivity index (χ3n) is 2.83. The molecule has 0 radical (unpaired) electrons. The summed E-state index contributed by atoms with van der Waals surface area (Å²) in [5.74, 6) is 7.04. The normalized spacial score (nSPS) is 12.9. The molecule has 2 aromatic heterocycles. The molecule has 1 atom stereocenters. The number of halogens is 1. The van der Waals surface area contributed by atoms with Crippen LogP contribution in [0.15, 0.2) is 27.4 Å². The minimum absolute atomic E-state index is 0.188. The highest BCUT2D eigenvalue weighted by Gasteiger charge is 2.26. The summed E-state index contributed by atoms with van der Waals surface area (Å²) in [6, 6.07) is 3.54. The van der Waals surface area contributed by atoms with Crippen molar-refractivity contribution < 1.29 is 9.15 Å². The Morgan fingerprint density at radius 3 is 2.68 bits per heavy atom. The Labute approximate surface area is 120 Å². The van der Waals surface area contributed by atoms with Crippen LogP contribution >= 0.6 is 15.9 Å². The van der Waals surface area contributed by atoms with Crippen molar-refractivity contribution in [2.75, 3.05) is 7.11 Å². The van der Waals surface area contributed by atoms with Gasteiger partial charge in [0.1, 0.15) is 17.5 Å². The van der Waals surface area contributed by atoms with E-state index in [9.17, 15) is 0 Å². The quantitative estimate of drug-likeness (QED) is 0.650. The van der Waals surface area contributed by atoms with E-state index in [1.165, 1.54) is 0 Å². The first-order valence-corrected chi connectivity index (χ1v) is 6.70. The Bertz CT molecular complexity index is 550. The number of furan rings is 1. The number of hydrogen-bond acceptors (Lipinski definition) is 5. The molecule has 6 nitrogen and oxygen atoms in total. The van der Waals surface area contributed by atoms with Crippen molar-refractivity contribution in [2.24, 2.45) is 5.84 Å². The minimum Gasteiger partial charge on any atom is -0.493 e. The molecule has 1 unspecified atom stereocenters. The summed E-state index contributed by atoms with van der Waals surface area (Å²) in [4.78, 5) is 0. The first-order valence-electron chi connectivity index (χ1n) is 5.91. The number of rotatable bonds is 5. The molecular weight excluding hydrogens is 312 g/mol. The fraction of sp³-hybridized carbons (Fsp3) is 0.417. The van der Waals surface area contributed by atoms with Gasteiger partial charge in [0.05, 0.1) is 13.3 Å². The highest BCUT2D eigenvalue weighted by Crippen LogP contribution is 2.32. The fourth-order valence-corrected chi connectivity index (χ4v) is 2.30. The maximum Gasteiger partial charge on any atom is 0.169 e. The number of hydrazine groups is 1. The van der Waals surface area contributed by atoms with Gasteiger partial charge in [-0.3, -0.25) is 10.5 Å². The molecule has 0 amide bonds. The second-order valence-electron chi connectivity index (χ2n) is 4.38. The Balaban J connectivity index is 2.50. The van der Waals surface area contributed by atoms with E-state index in [1.807, 2.05) is 30.7 Å². The van der Waals surface area contributed by atoms with Crippen LogP contribution in [-0.4, -0.2) is 16.9 Å². The topological polar surface area (TPSA) is 78.2 Å². The summed E-state index contributed by atoms with van der Waals surface area (Å²) in [6.45, 7) is 4.09. The van der Waals surface area contributed by atoms with Gasteiger partial charge in [0.15, 0.2) is 10.4 Å². The van der Waals surface area contributed by atoms with Crippen LogP contribution in [0.25, 0.3) is 0 Å². The van der Waals surface area contributed by atoms with Gasteiger partial charge in [-0.15, -0.1) is 0 Å². The van der Waals surface area contributed by atoms with Crippen molar-refractivity contribution in [1.29, 1.82) is 0 Å². The molecular formula is C12H17BrN4O2. The van der Waals surface area contributed by atoms with Crippen LogP contribution in [0.4, 0.5) is 0 Å². The van der Waals surface area contributed by atoms with Crippen molar-refractivity contribution in [1.82, 2.24) is 15.2 Å². The zero-order chi connectivity index (χ0) is 14.0. The zero-order valence-electron chi connectivity index (χ0n) is 11.1. The van der Waals surface area contributed by atoms with Crippen LogP contribution in [-0.2, 0) is 0 Å². The lowest BCUT2D eigenvalue weighted by atomic mass is 10.1. The highest BCUT2D eigenvalue weighted by molar-refractivity contribution is 9.10. The van der Waals surface area contributed by atoms with Crippen molar-refractivity contribution >= 4 is 15.9 Å². The first kappa shape index (κ1) is 14.1. The van der Waals surface area contributed by atoms with E-state index in [4.69, 9.17) is 15.0 Å². The molecule has 2 rings (SSSR count). The lowest BCUT2D eigenvalue weighted by molar-refractivity contribution is 0.373. The fourth-order valence-electron chi connectivity index (χ4n) is 1.98. The highest BCUT2D eigenvalue weighted by atomic mass is 79.9. The molecule has 0 aliphatic carbocycles. The molecule has 3 N–H and O–H groups in total. The lowest BCUT2D eigenvalue weighted by Gasteiger charge is -2.19. The van der Waals surface area contributed by atoms with E-state index < -0.39 is 0 Å². The summed E-state index contributed by atoms with van der Waals surface area (Å²) < 4.78 is 13.4. The van der Waals surface area contributed by atoms with Gasteiger partial charge in [-0.1, -0.05) is 0 Å². The number of nitrogens with zero attached hydrogens (tertiary/aromatic N) is 2. The van der Waals surface area contributed by atoms with Crippen molar-refractivity contribution in [3.63, 3.8) is 0 Å². The van der Waals surface area contributed by atoms with Gasteiger partial charge in [0.25, 0.3) is 0 Å². The Morgan fingerprint density at radius 1 is 1.47 bits per heavy atom. The molecule has 0 bridgehead atoms. The third-order valence-corrected chi connectivity index (χ3v) is 3.25. The SMILES string of the molecule is COc1cnn(C(C)C)c1C(NN)c1ccc(Br)o1. The summed E-state index contributed by atoms with van der Waals surface area (Å²) in [7, 11) is 1.61. The molecule has 0 spiro atoms. The average molecular weight is 329 g/mol. The molecule has 0 saturated heterocycles. The van der Waals surface area contributed by atoms with Crippen LogP contribution in [0.2, 0.25) is 0 Å². The maximum atomic E-state index is 5.68. The van der Waals surface area contributed by atoms with Gasteiger partial charge in [0.2, 0.25) is 0 Å². The Hall–Kier alpha value is -1.31. The molecule has 0 aliphatic rings. The summed E-state index contributed by atoms with van der Waals surface area (Å²) in [5.41, 5.74) is 3.58. The molecule has 0 aliphatic heterocycles. The van der Waals surface area contributed by atoms with E-state index >= 15 is 0 Å². The van der Waals surface area contributed by atoms with E-state index in [0.717, 1.165) is 5.69 Å². The second-order valence-corrected chi connectivity index (χ2v) is 5.16. The van der Waals surface area contributed by atoms with E-state index in [2.05, 4.69) is 26.5 Å². The standard InChI is InChI=1S/C12H17BrN4O2/c1-7(2)17-12(9(18-3)6-15-17)11(16-14)8-4-5-10(13)19-8/h4-7,11,16H,14H2,1-3H3. The van der Waals surface area contributed by atoms with Crippen molar-refractivity contribution in [3.05, 3.63) is 34.5 Å². The Kier molecular flexibility index (Phi) is 4.28. The van der Waals surface area contributed by atoms with Crippen LogP contribution in [0.1, 0.15) is 37.4 Å². The van der Waals surface area contributed by atoms with Gasteiger partial charge in [-0.05, 0) is 41.9 Å². The third kappa shape index (κ3) is 2.68. The number of hydrogen-bond donors (Lipinski definition) is 2. The summed E-state index contributed by atoms with van der Waals surface area (Å²) in [5, 5.41) is 4.33. The molecule has 2 aromatic rings. The smallest absolute Gasteiger partial charge is 0.169 e. The van der Waals surface area contributed by atoms with Gasteiger partial charge >= 0.3 is 0 Å². The molecule has 2 heterocycles. The van der Waals surface area contributed by atoms with E-state index in [-0.39, 0.29) is 12.1 Å². The van der Waals surface area contributed by atoms with Crippen molar-refractivity contribution in [3.8, 4) is 5.75 Å². The van der Waals surface area contributed by atoms with Gasteiger partial charge in [0, 0.05) is 6.04 Å². The number of methoxy groups -OCH3 is 1. The summed E-state index contributed by atoms with van der Waals surface area (Å²) in [6.07, 6.45) is 1.68. The number of ether oxygens (including phenoxy) is 1. The molecule has 0 aromatic carbocycles. The lowest BCUT2D eigenvalue weighted by Crippen LogP contribution is -2.31. The van der Waals surface area contributed by atoms with E-state index in [1.54, 1.807) is 13.3 Å². The van der Waals surface area contributed by atoms with Crippen LogP contribution in [0.5, 0.6) is 5.75 Å². The van der Waals surface area contributed by atoms with Crippen molar-refractivity contribution in [2.45, 2.75) is 25.9 Å². The van der Waals surface area contributed by atoms with Crippen LogP contribution in [0, 0.1) is 0 Å². The predicted molar refractivity (Wildman–Crippen MR) is 74.7 cm³/mol. The molecule has 104 valence electrons. The number of aromatic nitrogens is 2. The van der Waals surface area contributed by atoms with Crippen LogP contribution < -0.4 is 16.0 Å². The van der Waals surface area contributed by atoms with Gasteiger partial charge in [-0.2, -0.15) is 5.10 Å². The van der Waals surface area contributed by atoms with E-state index in [0.29, 0.717) is 16.2 Å². The first-order chi connectivity index (χ1) is 9.08. The Morgan fingerprint density at radius 2 is 2.21 bits per heavy atom. The molecule has 0 fully saturated rings. The zero-order valence-corrected chi connectivity index (χ0v) is 12.6. The number of nitrogens with one attached hydrogen (secondary N) is 1. The molecule has 7 heteroatoms. The predicted octanol–water partition coefficient (Wildman–Crippen LogP) is 2.38. The largest absolute Gasteiger partial charge is 0.493 e. The number of nitrogens with two attached hydrogens (primary N) is 1. The van der Waals surface area contributed by atoms with Crippen LogP contribution in [0.3, 0.4) is 0 Å². The second kappa shape index (κ2) is 5.77. The monoisotopic (exact) mass is 328 g/mol.